The summed E-state index contributed by atoms with van der Waals surface area (Å²) in [6.45, 7) is 0. The Bertz CT molecular complexity index is 456. The molecule has 0 N–H and O–H groups in total. The van der Waals surface area contributed by atoms with E-state index in [4.69, 9.17) is 0 Å². The van der Waals surface area contributed by atoms with Crippen LogP contribution in [0, 0.1) is 5.82 Å². The van der Waals surface area contributed by atoms with Crippen LogP contribution in [0.1, 0.15) is 5.56 Å². The van der Waals surface area contributed by atoms with Gasteiger partial charge in [0.2, 0.25) is 0 Å². The molecule has 2 aromatic rings. The molecule has 0 saturated carbocycles. The van der Waals surface area contributed by atoms with Crippen molar-refractivity contribution in [3.63, 3.8) is 0 Å². The summed E-state index contributed by atoms with van der Waals surface area (Å²) in [5, 5.41) is 0.501. The lowest BCUT2D eigenvalue weighted by molar-refractivity contribution is 0.615. The minimum atomic E-state index is -0.249. The zero-order chi connectivity index (χ0) is 10.7. The Morgan fingerprint density at radius 3 is 2.53 bits per heavy atom. The Kier molecular flexibility index (Phi) is 3.11. The second-order valence-electron chi connectivity index (χ2n) is 3.13. The van der Waals surface area contributed by atoms with E-state index in [0.29, 0.717) is 16.6 Å². The number of benzene rings is 1. The third kappa shape index (κ3) is 2.07. The molecule has 1 nitrogen and oxygen atoms in total. The van der Waals surface area contributed by atoms with Crippen LogP contribution in [-0.4, -0.2) is 4.98 Å². The van der Waals surface area contributed by atoms with Crippen molar-refractivity contribution in [3.8, 4) is 11.3 Å². The molecule has 1 aromatic carbocycles. The minimum Gasteiger partial charge on any atom is -0.253 e. The van der Waals surface area contributed by atoms with Crippen LogP contribution in [0.25, 0.3) is 11.3 Å². The fourth-order valence-electron chi connectivity index (χ4n) is 1.38. The van der Waals surface area contributed by atoms with Crippen LogP contribution >= 0.6 is 15.9 Å². The summed E-state index contributed by atoms with van der Waals surface area (Å²) < 4.78 is 13.9. The number of rotatable bonds is 2. The van der Waals surface area contributed by atoms with E-state index in [-0.39, 0.29) is 5.82 Å². The van der Waals surface area contributed by atoms with Gasteiger partial charge < -0.3 is 0 Å². The predicted octanol–water partition coefficient (Wildman–Crippen LogP) is 3.78. The summed E-state index contributed by atoms with van der Waals surface area (Å²) in [5.74, 6) is -0.249. The smallest absolute Gasteiger partial charge is 0.153 e. The summed E-state index contributed by atoms with van der Waals surface area (Å²) in [4.78, 5) is 4.06. The molecule has 2 rings (SSSR count). The van der Waals surface area contributed by atoms with E-state index in [1.54, 1.807) is 12.3 Å². The quantitative estimate of drug-likeness (QED) is 0.754. The van der Waals surface area contributed by atoms with Crippen LogP contribution < -0.4 is 0 Å². The number of aromatic nitrogens is 1. The zero-order valence-electron chi connectivity index (χ0n) is 7.95. The molecule has 1 heterocycles. The van der Waals surface area contributed by atoms with Crippen molar-refractivity contribution in [2.45, 2.75) is 5.33 Å². The highest BCUT2D eigenvalue weighted by atomic mass is 79.9. The van der Waals surface area contributed by atoms with E-state index in [1.807, 2.05) is 30.3 Å². The fraction of sp³-hybridized carbons (Fsp3) is 0.0833. The molecule has 3 heteroatoms. The molecule has 0 fully saturated rings. The number of hydrogen-bond acceptors (Lipinski definition) is 1. The highest BCUT2D eigenvalue weighted by Crippen LogP contribution is 2.23. The first-order valence-electron chi connectivity index (χ1n) is 4.57. The number of nitrogens with zero attached hydrogens (tertiary/aromatic N) is 1. The van der Waals surface area contributed by atoms with Crippen LogP contribution in [0.5, 0.6) is 0 Å². The molecule has 0 unspecified atom stereocenters. The summed E-state index contributed by atoms with van der Waals surface area (Å²) in [6, 6.07) is 11.0. The van der Waals surface area contributed by atoms with Gasteiger partial charge in [0.25, 0.3) is 0 Å². The van der Waals surface area contributed by atoms with E-state index in [2.05, 4.69) is 20.9 Å². The summed E-state index contributed by atoms with van der Waals surface area (Å²) in [5.41, 5.74) is 1.84. The molecular formula is C12H9BrFN. The second kappa shape index (κ2) is 4.53. The molecule has 0 amide bonds. The van der Waals surface area contributed by atoms with Gasteiger partial charge in [-0.1, -0.05) is 46.3 Å². The van der Waals surface area contributed by atoms with E-state index < -0.39 is 0 Å². The average molecular weight is 266 g/mol. The topological polar surface area (TPSA) is 12.9 Å². The molecular weight excluding hydrogens is 257 g/mol. The zero-order valence-corrected chi connectivity index (χ0v) is 9.54. The van der Waals surface area contributed by atoms with Gasteiger partial charge in [-0.25, -0.2) is 4.39 Å². The van der Waals surface area contributed by atoms with Crippen LogP contribution in [0.3, 0.4) is 0 Å². The summed E-state index contributed by atoms with van der Waals surface area (Å²) >= 11 is 3.25. The lowest BCUT2D eigenvalue weighted by Gasteiger charge is -2.04. The monoisotopic (exact) mass is 265 g/mol. The van der Waals surface area contributed by atoms with E-state index in [0.717, 1.165) is 5.56 Å². The Hall–Kier alpha value is -1.22. The van der Waals surface area contributed by atoms with Crippen molar-refractivity contribution in [2.75, 3.05) is 0 Å². The molecule has 76 valence electrons. The Morgan fingerprint density at radius 2 is 1.87 bits per heavy atom. The molecule has 0 aliphatic rings. The van der Waals surface area contributed by atoms with Crippen LogP contribution in [-0.2, 0) is 5.33 Å². The third-order valence-corrected chi connectivity index (χ3v) is 2.76. The van der Waals surface area contributed by atoms with Gasteiger partial charge in [0.05, 0.1) is 0 Å². The van der Waals surface area contributed by atoms with Crippen molar-refractivity contribution >= 4 is 15.9 Å². The Morgan fingerprint density at radius 1 is 1.13 bits per heavy atom. The number of alkyl halides is 1. The van der Waals surface area contributed by atoms with Gasteiger partial charge in [0.15, 0.2) is 5.82 Å². The Labute approximate surface area is 96.1 Å². The average Bonchev–Trinajstić information content (AvgIpc) is 2.30. The number of hydrogen-bond donors (Lipinski definition) is 0. The van der Waals surface area contributed by atoms with Gasteiger partial charge in [-0.2, -0.15) is 0 Å². The van der Waals surface area contributed by atoms with E-state index in [1.165, 1.54) is 0 Å². The third-order valence-electron chi connectivity index (χ3n) is 2.16. The number of halogens is 2. The minimum absolute atomic E-state index is 0.249. The van der Waals surface area contributed by atoms with Crippen molar-refractivity contribution in [1.29, 1.82) is 0 Å². The normalized spacial score (nSPS) is 10.3. The molecule has 0 spiro atoms. The molecule has 0 saturated heterocycles. The molecule has 1 aromatic heterocycles. The lowest BCUT2D eigenvalue weighted by Crippen LogP contribution is -1.93. The van der Waals surface area contributed by atoms with Gasteiger partial charge in [0, 0.05) is 22.7 Å². The van der Waals surface area contributed by atoms with Crippen molar-refractivity contribution < 1.29 is 4.39 Å². The van der Waals surface area contributed by atoms with E-state index >= 15 is 0 Å². The first kappa shape index (κ1) is 10.3. The first-order chi connectivity index (χ1) is 7.33. The summed E-state index contributed by atoms with van der Waals surface area (Å²) in [7, 11) is 0. The molecule has 0 aliphatic carbocycles. The maximum absolute atomic E-state index is 13.9. The lowest BCUT2D eigenvalue weighted by atomic mass is 10.1. The van der Waals surface area contributed by atoms with E-state index in [9.17, 15) is 4.39 Å². The van der Waals surface area contributed by atoms with Gasteiger partial charge >= 0.3 is 0 Å². The van der Waals surface area contributed by atoms with Gasteiger partial charge in [0.1, 0.15) is 5.69 Å². The van der Waals surface area contributed by atoms with Gasteiger partial charge in [-0.3, -0.25) is 4.98 Å². The van der Waals surface area contributed by atoms with Crippen molar-refractivity contribution in [1.82, 2.24) is 4.98 Å². The second-order valence-corrected chi connectivity index (χ2v) is 3.69. The highest BCUT2D eigenvalue weighted by molar-refractivity contribution is 9.08. The maximum Gasteiger partial charge on any atom is 0.153 e. The predicted molar refractivity (Wildman–Crippen MR) is 62.3 cm³/mol. The molecule has 15 heavy (non-hydrogen) atoms. The molecule has 0 aliphatic heterocycles. The largest absolute Gasteiger partial charge is 0.253 e. The van der Waals surface area contributed by atoms with Crippen LogP contribution in [0.4, 0.5) is 4.39 Å². The number of pyridine rings is 1. The molecule has 0 bridgehead atoms. The van der Waals surface area contributed by atoms with Crippen molar-refractivity contribution in [3.05, 3.63) is 54.0 Å². The van der Waals surface area contributed by atoms with Crippen LogP contribution in [0.15, 0.2) is 42.6 Å². The Balaban J connectivity index is 2.54. The van der Waals surface area contributed by atoms with Gasteiger partial charge in [-0.05, 0) is 6.07 Å². The maximum atomic E-state index is 13.9. The fourth-order valence-corrected chi connectivity index (χ4v) is 1.82. The first-order valence-corrected chi connectivity index (χ1v) is 5.70. The van der Waals surface area contributed by atoms with Crippen LogP contribution in [0.2, 0.25) is 0 Å². The standard InChI is InChI=1S/C12H9BrFN/c13-8-10-6-7-15-12(11(10)14)9-4-2-1-3-5-9/h1-7H,8H2. The molecule has 0 radical (unpaired) electrons. The van der Waals surface area contributed by atoms with Gasteiger partial charge in [-0.15, -0.1) is 0 Å². The van der Waals surface area contributed by atoms with Crippen molar-refractivity contribution in [2.24, 2.45) is 0 Å². The highest BCUT2D eigenvalue weighted by Gasteiger charge is 2.09. The molecule has 0 atom stereocenters. The summed E-state index contributed by atoms with van der Waals surface area (Å²) in [6.07, 6.45) is 1.63. The SMILES string of the molecule is Fc1c(CBr)ccnc1-c1ccccc1.